The van der Waals surface area contributed by atoms with Crippen molar-refractivity contribution < 1.29 is 9.90 Å². The topological polar surface area (TPSA) is 43.8 Å². The molecule has 0 amide bonds. The predicted octanol–water partition coefficient (Wildman–Crippen LogP) is 1.18. The molecule has 0 aromatic carbocycles. The van der Waals surface area contributed by atoms with E-state index in [9.17, 15) is 4.79 Å². The van der Waals surface area contributed by atoms with E-state index >= 15 is 0 Å². The third kappa shape index (κ3) is 3.27. The first-order valence-corrected chi connectivity index (χ1v) is 5.34. The highest BCUT2D eigenvalue weighted by Crippen LogP contribution is 2.13. The van der Waals surface area contributed by atoms with Gasteiger partial charge in [0.1, 0.15) is 6.54 Å². The lowest BCUT2D eigenvalue weighted by atomic mass is 10.1. The molecule has 0 aromatic heterocycles. The summed E-state index contributed by atoms with van der Waals surface area (Å²) in [6, 6.07) is 0.268. The Morgan fingerprint density at radius 2 is 1.93 bits per heavy atom. The molecule has 1 rings (SSSR count). The zero-order chi connectivity index (χ0) is 10.6. The Hall–Kier alpha value is -0.610. The van der Waals surface area contributed by atoms with E-state index in [2.05, 4.69) is 5.01 Å². The van der Waals surface area contributed by atoms with Gasteiger partial charge >= 0.3 is 5.97 Å². The van der Waals surface area contributed by atoms with Crippen LogP contribution in [0.15, 0.2) is 0 Å². The number of carbonyl (C=O) groups is 1. The van der Waals surface area contributed by atoms with Gasteiger partial charge in [-0.1, -0.05) is 6.42 Å². The van der Waals surface area contributed by atoms with Crippen molar-refractivity contribution in [1.82, 2.24) is 10.0 Å². The monoisotopic (exact) mass is 200 g/mol. The van der Waals surface area contributed by atoms with Crippen molar-refractivity contribution >= 4 is 5.97 Å². The van der Waals surface area contributed by atoms with Gasteiger partial charge in [-0.3, -0.25) is 4.79 Å². The Balaban J connectivity index is 2.51. The van der Waals surface area contributed by atoms with Crippen LogP contribution < -0.4 is 0 Å². The zero-order valence-electron chi connectivity index (χ0n) is 9.07. The maximum atomic E-state index is 10.7. The van der Waals surface area contributed by atoms with Gasteiger partial charge in [0.25, 0.3) is 0 Å². The average molecular weight is 200 g/mol. The number of hydrogen-bond donors (Lipinski definition) is 1. The molecule has 82 valence electrons. The van der Waals surface area contributed by atoms with Gasteiger partial charge in [0.05, 0.1) is 0 Å². The molecule has 0 aromatic rings. The highest BCUT2D eigenvalue weighted by Gasteiger charge is 2.22. The number of hydrogen-bond acceptors (Lipinski definition) is 3. The third-order valence-electron chi connectivity index (χ3n) is 2.59. The number of rotatable bonds is 4. The summed E-state index contributed by atoms with van der Waals surface area (Å²) in [7, 11) is 0. The number of aliphatic carboxylic acids is 1. The first-order chi connectivity index (χ1) is 6.61. The van der Waals surface area contributed by atoms with E-state index in [1.54, 1.807) is 0 Å². The third-order valence-corrected chi connectivity index (χ3v) is 2.59. The summed E-state index contributed by atoms with van der Waals surface area (Å²) in [5.74, 6) is -0.746. The van der Waals surface area contributed by atoms with Gasteiger partial charge < -0.3 is 5.11 Å². The average Bonchev–Trinajstić information content (AvgIpc) is 2.15. The summed E-state index contributed by atoms with van der Waals surface area (Å²) in [6.07, 6.45) is 3.64. The van der Waals surface area contributed by atoms with Crippen LogP contribution in [0.2, 0.25) is 0 Å². The number of carboxylic acids is 1. The minimum Gasteiger partial charge on any atom is -0.480 e. The highest BCUT2D eigenvalue weighted by atomic mass is 16.4. The van der Waals surface area contributed by atoms with E-state index in [0.29, 0.717) is 0 Å². The zero-order valence-corrected chi connectivity index (χ0v) is 9.07. The van der Waals surface area contributed by atoms with E-state index < -0.39 is 5.97 Å². The van der Waals surface area contributed by atoms with Gasteiger partial charge in [-0.25, -0.2) is 10.0 Å². The quantitative estimate of drug-likeness (QED) is 0.740. The summed E-state index contributed by atoms with van der Waals surface area (Å²) in [6.45, 7) is 6.21. The van der Waals surface area contributed by atoms with E-state index in [1.165, 1.54) is 19.3 Å². The Labute approximate surface area is 85.5 Å². The van der Waals surface area contributed by atoms with Crippen molar-refractivity contribution in [3.05, 3.63) is 0 Å². The normalized spacial score (nSPS) is 19.1. The van der Waals surface area contributed by atoms with Gasteiger partial charge in [0.15, 0.2) is 0 Å². The molecular formula is C10H20N2O2. The molecule has 1 saturated heterocycles. The molecule has 1 aliphatic heterocycles. The van der Waals surface area contributed by atoms with Crippen LogP contribution in [0.4, 0.5) is 0 Å². The van der Waals surface area contributed by atoms with Crippen LogP contribution in [0.3, 0.4) is 0 Å². The van der Waals surface area contributed by atoms with Crippen LogP contribution in [-0.2, 0) is 4.79 Å². The molecule has 0 unspecified atom stereocenters. The van der Waals surface area contributed by atoms with Crippen molar-refractivity contribution in [2.24, 2.45) is 0 Å². The number of piperidine rings is 1. The van der Waals surface area contributed by atoms with Gasteiger partial charge in [0, 0.05) is 19.1 Å². The van der Waals surface area contributed by atoms with Crippen LogP contribution >= 0.6 is 0 Å². The van der Waals surface area contributed by atoms with Crippen LogP contribution in [0.1, 0.15) is 33.1 Å². The summed E-state index contributed by atoms with van der Waals surface area (Å²) in [4.78, 5) is 10.7. The lowest BCUT2D eigenvalue weighted by Gasteiger charge is -2.39. The molecule has 1 N–H and O–H groups in total. The molecule has 0 saturated carbocycles. The summed E-state index contributed by atoms with van der Waals surface area (Å²) in [5.41, 5.74) is 0. The Bertz CT molecular complexity index is 189. The molecular weight excluding hydrogens is 180 g/mol. The van der Waals surface area contributed by atoms with Crippen LogP contribution in [0.5, 0.6) is 0 Å². The fourth-order valence-corrected chi connectivity index (χ4v) is 1.88. The molecule has 0 bridgehead atoms. The molecule has 1 fully saturated rings. The van der Waals surface area contributed by atoms with E-state index in [-0.39, 0.29) is 12.6 Å². The van der Waals surface area contributed by atoms with E-state index in [1.807, 2.05) is 18.9 Å². The fourth-order valence-electron chi connectivity index (χ4n) is 1.88. The SMILES string of the molecule is CC(C)N(CC(=O)O)N1CCCCC1. The summed E-state index contributed by atoms with van der Waals surface area (Å²) >= 11 is 0. The lowest BCUT2D eigenvalue weighted by molar-refractivity contribution is -0.147. The standard InChI is InChI=1S/C10H20N2O2/c1-9(2)12(8-10(13)14)11-6-4-3-5-7-11/h9H,3-8H2,1-2H3,(H,13,14). The summed E-state index contributed by atoms with van der Waals surface area (Å²) in [5, 5.41) is 12.9. The smallest absolute Gasteiger partial charge is 0.319 e. The van der Waals surface area contributed by atoms with Crippen molar-refractivity contribution in [3.8, 4) is 0 Å². The Morgan fingerprint density at radius 1 is 1.36 bits per heavy atom. The second-order valence-corrected chi connectivity index (χ2v) is 4.10. The molecule has 0 aliphatic carbocycles. The molecule has 4 nitrogen and oxygen atoms in total. The molecule has 1 aliphatic rings. The van der Waals surface area contributed by atoms with Crippen LogP contribution in [-0.4, -0.2) is 46.8 Å². The van der Waals surface area contributed by atoms with Gasteiger partial charge in [-0.2, -0.15) is 0 Å². The highest BCUT2D eigenvalue weighted by molar-refractivity contribution is 5.69. The predicted molar refractivity (Wildman–Crippen MR) is 54.9 cm³/mol. The van der Waals surface area contributed by atoms with Crippen molar-refractivity contribution in [2.75, 3.05) is 19.6 Å². The Morgan fingerprint density at radius 3 is 2.36 bits per heavy atom. The lowest BCUT2D eigenvalue weighted by Crippen LogP contribution is -2.51. The van der Waals surface area contributed by atoms with Crippen LogP contribution in [0.25, 0.3) is 0 Å². The molecule has 0 atom stereocenters. The molecule has 1 heterocycles. The minimum atomic E-state index is -0.746. The van der Waals surface area contributed by atoms with Crippen LogP contribution in [0, 0.1) is 0 Å². The minimum absolute atomic E-state index is 0.123. The second-order valence-electron chi connectivity index (χ2n) is 4.10. The van der Waals surface area contributed by atoms with Gasteiger partial charge in [-0.05, 0) is 26.7 Å². The fraction of sp³-hybridized carbons (Fsp3) is 0.900. The largest absolute Gasteiger partial charge is 0.480 e. The van der Waals surface area contributed by atoms with E-state index in [0.717, 1.165) is 13.1 Å². The van der Waals surface area contributed by atoms with Crippen molar-refractivity contribution in [2.45, 2.75) is 39.2 Å². The number of nitrogens with zero attached hydrogens (tertiary/aromatic N) is 2. The Kier molecular flexibility index (Phi) is 4.35. The molecule has 0 radical (unpaired) electrons. The number of carboxylic acid groups (broad SMARTS) is 1. The molecule has 14 heavy (non-hydrogen) atoms. The van der Waals surface area contributed by atoms with E-state index in [4.69, 9.17) is 5.11 Å². The number of hydrazine groups is 1. The first-order valence-electron chi connectivity index (χ1n) is 5.34. The maximum absolute atomic E-state index is 10.7. The molecule has 0 spiro atoms. The van der Waals surface area contributed by atoms with Crippen molar-refractivity contribution in [1.29, 1.82) is 0 Å². The van der Waals surface area contributed by atoms with Gasteiger partial charge in [-0.15, -0.1) is 0 Å². The molecule has 4 heteroatoms. The summed E-state index contributed by atoms with van der Waals surface area (Å²) < 4.78 is 0. The maximum Gasteiger partial charge on any atom is 0.319 e. The second kappa shape index (κ2) is 5.32. The van der Waals surface area contributed by atoms with Crippen molar-refractivity contribution in [3.63, 3.8) is 0 Å². The van der Waals surface area contributed by atoms with Gasteiger partial charge in [0.2, 0.25) is 0 Å². The first kappa shape index (κ1) is 11.5.